The predicted molar refractivity (Wildman–Crippen MR) is 185 cm³/mol. The van der Waals surface area contributed by atoms with Crippen molar-refractivity contribution < 1.29 is 29.0 Å². The van der Waals surface area contributed by atoms with Crippen molar-refractivity contribution >= 4 is 29.3 Å². The number of aryl methyl sites for hydroxylation is 1. The molecule has 4 aromatic carbocycles. The Bertz CT molecular complexity index is 2050. The number of carbonyl (C=O) groups excluding carboxylic acids is 4. The van der Waals surface area contributed by atoms with Crippen molar-refractivity contribution in [1.29, 1.82) is 0 Å². The van der Waals surface area contributed by atoms with Gasteiger partial charge in [-0.2, -0.15) is 5.01 Å². The van der Waals surface area contributed by atoms with Crippen LogP contribution in [0.5, 0.6) is 11.5 Å². The summed E-state index contributed by atoms with van der Waals surface area (Å²) in [7, 11) is 1.51. The third-order valence-electron chi connectivity index (χ3n) is 11.2. The largest absolute Gasteiger partial charge is 0.508 e. The highest BCUT2D eigenvalue weighted by Gasteiger charge is 2.70. The number of nitrogens with zero attached hydrogens (tertiary/aromatic N) is 2. The smallest absolute Gasteiger partial charge is 0.260 e. The summed E-state index contributed by atoms with van der Waals surface area (Å²) in [5, 5.41) is 12.8. The molecule has 0 aromatic heterocycles. The van der Waals surface area contributed by atoms with Crippen LogP contribution in [0.2, 0.25) is 0 Å². The second kappa shape index (κ2) is 12.0. The summed E-state index contributed by atoms with van der Waals surface area (Å²) in [5.74, 6) is -4.54. The van der Waals surface area contributed by atoms with Crippen LogP contribution in [0, 0.1) is 30.6 Å². The fourth-order valence-electron chi connectivity index (χ4n) is 8.97. The van der Waals surface area contributed by atoms with E-state index in [-0.39, 0.29) is 30.5 Å². The zero-order chi connectivity index (χ0) is 34.7. The summed E-state index contributed by atoms with van der Waals surface area (Å²) < 4.78 is 5.41. The molecule has 9 nitrogen and oxygen atoms in total. The molecule has 0 radical (unpaired) electrons. The third kappa shape index (κ3) is 4.67. The maximum Gasteiger partial charge on any atom is 0.260 e. The van der Waals surface area contributed by atoms with E-state index >= 15 is 4.79 Å². The minimum absolute atomic E-state index is 0.0863. The number of allylic oxidation sites excluding steroid dienone is 2. The topological polar surface area (TPSA) is 116 Å². The van der Waals surface area contributed by atoms with Crippen LogP contribution < -0.4 is 10.2 Å². The molecule has 3 fully saturated rings. The van der Waals surface area contributed by atoms with E-state index in [1.165, 1.54) is 18.1 Å². The van der Waals surface area contributed by atoms with Gasteiger partial charge in [0.15, 0.2) is 0 Å². The zero-order valence-electron chi connectivity index (χ0n) is 27.8. The van der Waals surface area contributed by atoms with Crippen molar-refractivity contribution in [3.05, 3.63) is 137 Å². The number of amides is 4. The monoisotopic (exact) mass is 667 g/mol. The highest BCUT2D eigenvalue weighted by Crippen LogP contribution is 2.65. The molecule has 2 aliphatic heterocycles. The second-order valence-electron chi connectivity index (χ2n) is 13.8. The molecule has 2 saturated heterocycles. The first-order valence-electron chi connectivity index (χ1n) is 17.0. The van der Waals surface area contributed by atoms with Crippen molar-refractivity contribution in [2.45, 2.75) is 37.6 Å². The summed E-state index contributed by atoms with van der Waals surface area (Å²) in [5.41, 5.74) is 5.97. The summed E-state index contributed by atoms with van der Waals surface area (Å²) in [6.45, 7) is 2.12. The van der Waals surface area contributed by atoms with E-state index < -0.39 is 46.8 Å². The van der Waals surface area contributed by atoms with Crippen LogP contribution in [0.25, 0.3) is 0 Å². The van der Waals surface area contributed by atoms with E-state index in [1.807, 2.05) is 97.9 Å². The van der Waals surface area contributed by atoms with E-state index in [2.05, 4.69) is 5.43 Å². The third-order valence-corrected chi connectivity index (χ3v) is 11.2. The molecule has 4 amide bonds. The molecule has 2 heterocycles. The van der Waals surface area contributed by atoms with Crippen LogP contribution in [0.3, 0.4) is 0 Å². The fraction of sp³-hybridized carbons (Fsp3) is 0.268. The zero-order valence-corrected chi connectivity index (χ0v) is 27.8. The van der Waals surface area contributed by atoms with Crippen LogP contribution in [-0.4, -0.2) is 45.8 Å². The molecular weight excluding hydrogens is 630 g/mol. The van der Waals surface area contributed by atoms with Crippen molar-refractivity contribution in [2.24, 2.45) is 23.7 Å². The molecule has 1 saturated carbocycles. The highest BCUT2D eigenvalue weighted by molar-refractivity contribution is 6.13. The molecule has 0 spiro atoms. The van der Waals surface area contributed by atoms with Crippen molar-refractivity contribution in [2.75, 3.05) is 12.5 Å². The first kappa shape index (κ1) is 31.6. The lowest BCUT2D eigenvalue weighted by atomic mass is 9.49. The molecule has 9 heteroatoms. The Balaban J connectivity index is 1.30. The molecule has 0 bridgehead atoms. The number of phenols is 1. The van der Waals surface area contributed by atoms with Crippen LogP contribution in [0.15, 0.2) is 115 Å². The average molecular weight is 668 g/mol. The molecule has 4 aromatic rings. The molecule has 2 aliphatic carbocycles. The quantitative estimate of drug-likeness (QED) is 0.186. The van der Waals surface area contributed by atoms with Gasteiger partial charge < -0.3 is 9.84 Å². The first-order valence-corrected chi connectivity index (χ1v) is 17.0. The number of benzene rings is 4. The number of nitrogens with one attached hydrogen (secondary N) is 1. The minimum atomic E-state index is -1.47. The van der Waals surface area contributed by atoms with Crippen LogP contribution in [-0.2, 0) is 31.1 Å². The number of hydrogen-bond donors (Lipinski definition) is 2. The predicted octanol–water partition coefficient (Wildman–Crippen LogP) is 5.89. The summed E-state index contributed by atoms with van der Waals surface area (Å²) in [6, 6.07) is 31.1. The first-order chi connectivity index (χ1) is 24.2. The van der Waals surface area contributed by atoms with Crippen molar-refractivity contribution in [1.82, 2.24) is 9.91 Å². The second-order valence-corrected chi connectivity index (χ2v) is 13.8. The maximum atomic E-state index is 15.2. The van der Waals surface area contributed by atoms with Gasteiger partial charge in [-0.05, 0) is 55.0 Å². The number of hydrogen-bond acceptors (Lipinski definition) is 7. The van der Waals surface area contributed by atoms with Gasteiger partial charge >= 0.3 is 0 Å². The normalized spacial score (nSPS) is 27.1. The molecule has 50 heavy (non-hydrogen) atoms. The van der Waals surface area contributed by atoms with E-state index in [0.29, 0.717) is 29.0 Å². The molecule has 6 atom stereocenters. The number of aromatic hydroxyl groups is 1. The van der Waals surface area contributed by atoms with Gasteiger partial charge in [-0.3, -0.25) is 29.5 Å². The van der Waals surface area contributed by atoms with E-state index in [0.717, 1.165) is 21.7 Å². The molecule has 2 N–H and O–H groups in total. The number of methoxy groups -OCH3 is 1. The van der Waals surface area contributed by atoms with Gasteiger partial charge in [-0.15, -0.1) is 0 Å². The number of likely N-dealkylation sites (tertiary alicyclic amines) is 1. The Morgan fingerprint density at radius 2 is 1.54 bits per heavy atom. The lowest BCUT2D eigenvalue weighted by molar-refractivity contribution is -0.142. The molecule has 4 aliphatic rings. The number of phenolic OH excluding ortho intramolecular Hbond substituents is 1. The molecule has 0 unspecified atom stereocenters. The van der Waals surface area contributed by atoms with Gasteiger partial charge in [-0.1, -0.05) is 96.1 Å². The van der Waals surface area contributed by atoms with Gasteiger partial charge in [0, 0.05) is 17.5 Å². The van der Waals surface area contributed by atoms with Crippen LogP contribution in [0.4, 0.5) is 5.69 Å². The van der Waals surface area contributed by atoms with Gasteiger partial charge in [0.1, 0.15) is 11.5 Å². The Morgan fingerprint density at radius 3 is 2.22 bits per heavy atom. The Labute approximate surface area is 290 Å². The van der Waals surface area contributed by atoms with E-state index in [4.69, 9.17) is 4.74 Å². The number of hydrazine groups is 1. The SMILES string of the molecule is COc1ccc([C@H]2C3=CC[C@@H]4C(=O)N(Cc5ccccc5)C(=O)[C@@H]4[C@@H]3C[C@H]3C(=O)N(Nc4ccc(C)cc4)C(=O)[C@@]23c2ccccc2)c(O)c1. The lowest BCUT2D eigenvalue weighted by Crippen LogP contribution is -2.53. The average Bonchev–Trinajstić information content (AvgIpc) is 3.50. The summed E-state index contributed by atoms with van der Waals surface area (Å²) in [4.78, 5) is 59.6. The summed E-state index contributed by atoms with van der Waals surface area (Å²) in [6.07, 6.45) is 2.49. The highest BCUT2D eigenvalue weighted by atomic mass is 16.5. The van der Waals surface area contributed by atoms with Gasteiger partial charge in [0.2, 0.25) is 11.8 Å². The number of imide groups is 2. The minimum Gasteiger partial charge on any atom is -0.508 e. The molecule has 8 rings (SSSR count). The lowest BCUT2D eigenvalue weighted by Gasteiger charge is -2.50. The Kier molecular flexibility index (Phi) is 7.58. The molecular formula is C41H37N3O6. The Morgan fingerprint density at radius 1 is 0.840 bits per heavy atom. The Hall–Kier alpha value is -5.70. The number of carbonyl (C=O) groups is 4. The van der Waals surface area contributed by atoms with E-state index in [1.54, 1.807) is 12.1 Å². The van der Waals surface area contributed by atoms with Crippen molar-refractivity contribution in [3.8, 4) is 11.5 Å². The fourth-order valence-corrected chi connectivity index (χ4v) is 8.97. The number of ether oxygens (including phenoxy) is 1. The number of anilines is 1. The van der Waals surface area contributed by atoms with E-state index in [9.17, 15) is 19.5 Å². The number of rotatable bonds is 7. The van der Waals surface area contributed by atoms with Gasteiger partial charge in [0.05, 0.1) is 42.5 Å². The van der Waals surface area contributed by atoms with Gasteiger partial charge in [0.25, 0.3) is 11.8 Å². The summed E-state index contributed by atoms with van der Waals surface area (Å²) >= 11 is 0. The number of fused-ring (bicyclic) bond motifs is 4. The maximum absolute atomic E-state index is 15.2. The van der Waals surface area contributed by atoms with Crippen LogP contribution in [0.1, 0.15) is 41.0 Å². The van der Waals surface area contributed by atoms with Crippen molar-refractivity contribution in [3.63, 3.8) is 0 Å². The standard InChI is InChI=1S/C41H37N3O6/c1-24-13-15-27(16-14-24)42-44-38(47)33-22-32-29(19-20-31-35(32)39(48)43(37(31)46)23-25-9-5-3-6-10-25)36(30-18-17-28(50-2)21-34(30)45)41(33,40(44)49)26-11-7-4-8-12-26/h3-19,21,31-33,35-36,42,45H,20,22-23H2,1-2H3/t31-,32+,33-,35-,36+,41+/m0/s1. The van der Waals surface area contributed by atoms with Crippen LogP contribution >= 0.6 is 0 Å². The molecule has 252 valence electrons. The van der Waals surface area contributed by atoms with Gasteiger partial charge in [-0.25, -0.2) is 0 Å².